The fourth-order valence-electron chi connectivity index (χ4n) is 2.52. The van der Waals surface area contributed by atoms with Crippen LogP contribution >= 0.6 is 11.8 Å². The number of benzene rings is 1. The Kier molecular flexibility index (Phi) is 5.10. The van der Waals surface area contributed by atoms with E-state index in [1.807, 2.05) is 0 Å². The zero-order chi connectivity index (χ0) is 13.0. The Bertz CT molecular complexity index is 355. The largest absolute Gasteiger partial charge is 0.307 e. The standard InChI is InChI=1S/C15H24N2S/c1-12(13-4-6-15(18-3)7-5-13)16-14-8-10-17(2)11-9-14/h4-7,12,14,16H,8-11H2,1-3H3. The molecule has 0 aliphatic carbocycles. The van der Waals surface area contributed by atoms with E-state index in [2.05, 4.69) is 54.7 Å². The number of nitrogens with one attached hydrogen (secondary N) is 1. The molecule has 1 aliphatic heterocycles. The van der Waals surface area contributed by atoms with Crippen LogP contribution in [-0.2, 0) is 0 Å². The number of hydrogen-bond donors (Lipinski definition) is 1. The topological polar surface area (TPSA) is 15.3 Å². The Morgan fingerprint density at radius 1 is 1.22 bits per heavy atom. The van der Waals surface area contributed by atoms with E-state index < -0.39 is 0 Å². The first kappa shape index (κ1) is 13.9. The molecular weight excluding hydrogens is 240 g/mol. The maximum absolute atomic E-state index is 3.76. The van der Waals surface area contributed by atoms with Crippen LogP contribution < -0.4 is 5.32 Å². The maximum Gasteiger partial charge on any atom is 0.0294 e. The molecule has 0 aromatic heterocycles. The van der Waals surface area contributed by atoms with Crippen molar-refractivity contribution in [2.75, 3.05) is 26.4 Å². The third-order valence-corrected chi connectivity index (χ3v) is 4.56. The van der Waals surface area contributed by atoms with Gasteiger partial charge in [0.1, 0.15) is 0 Å². The van der Waals surface area contributed by atoms with Gasteiger partial charge in [0.2, 0.25) is 0 Å². The van der Waals surface area contributed by atoms with Crippen molar-refractivity contribution in [1.29, 1.82) is 0 Å². The Labute approximate surface area is 115 Å². The number of hydrogen-bond acceptors (Lipinski definition) is 3. The summed E-state index contributed by atoms with van der Waals surface area (Å²) < 4.78 is 0. The predicted octanol–water partition coefficient (Wildman–Crippen LogP) is 3.15. The molecule has 1 unspecified atom stereocenters. The number of rotatable bonds is 4. The molecule has 1 aliphatic rings. The lowest BCUT2D eigenvalue weighted by atomic mass is 10.0. The molecule has 0 radical (unpaired) electrons. The molecule has 0 saturated carbocycles. The van der Waals surface area contributed by atoms with Crippen LogP contribution in [0.3, 0.4) is 0 Å². The van der Waals surface area contributed by atoms with Gasteiger partial charge in [-0.1, -0.05) is 12.1 Å². The van der Waals surface area contributed by atoms with Crippen molar-refractivity contribution in [3.63, 3.8) is 0 Å². The predicted molar refractivity (Wildman–Crippen MR) is 80.3 cm³/mol. The SMILES string of the molecule is CSc1ccc(C(C)NC2CCN(C)CC2)cc1. The number of thioether (sulfide) groups is 1. The third-order valence-electron chi connectivity index (χ3n) is 3.82. The van der Waals surface area contributed by atoms with Gasteiger partial charge >= 0.3 is 0 Å². The number of likely N-dealkylation sites (tertiary alicyclic amines) is 1. The van der Waals surface area contributed by atoms with Gasteiger partial charge in [-0.15, -0.1) is 11.8 Å². The molecule has 1 heterocycles. The highest BCUT2D eigenvalue weighted by Gasteiger charge is 2.18. The summed E-state index contributed by atoms with van der Waals surface area (Å²) in [6.45, 7) is 4.71. The van der Waals surface area contributed by atoms with Crippen molar-refractivity contribution in [1.82, 2.24) is 10.2 Å². The molecule has 1 N–H and O–H groups in total. The van der Waals surface area contributed by atoms with Crippen LogP contribution in [0, 0.1) is 0 Å². The molecule has 18 heavy (non-hydrogen) atoms. The Morgan fingerprint density at radius 3 is 2.39 bits per heavy atom. The molecule has 3 heteroatoms. The molecule has 1 saturated heterocycles. The Morgan fingerprint density at radius 2 is 1.83 bits per heavy atom. The quantitative estimate of drug-likeness (QED) is 0.841. The summed E-state index contributed by atoms with van der Waals surface area (Å²) in [5.41, 5.74) is 1.40. The highest BCUT2D eigenvalue weighted by atomic mass is 32.2. The molecule has 0 amide bonds. The summed E-state index contributed by atoms with van der Waals surface area (Å²) in [5, 5.41) is 3.76. The second-order valence-electron chi connectivity index (χ2n) is 5.24. The summed E-state index contributed by atoms with van der Waals surface area (Å²) in [6, 6.07) is 10.1. The molecule has 2 rings (SSSR count). The molecular formula is C15H24N2S. The first-order valence-corrected chi connectivity index (χ1v) is 8.00. The smallest absolute Gasteiger partial charge is 0.0294 e. The molecule has 1 atom stereocenters. The van der Waals surface area contributed by atoms with Gasteiger partial charge < -0.3 is 10.2 Å². The third kappa shape index (κ3) is 3.74. The van der Waals surface area contributed by atoms with Crippen LogP contribution in [0.25, 0.3) is 0 Å². The summed E-state index contributed by atoms with van der Waals surface area (Å²) in [7, 11) is 2.21. The van der Waals surface area contributed by atoms with Crippen LogP contribution in [0.2, 0.25) is 0 Å². The lowest BCUT2D eigenvalue weighted by molar-refractivity contribution is 0.226. The van der Waals surface area contributed by atoms with E-state index in [4.69, 9.17) is 0 Å². The van der Waals surface area contributed by atoms with E-state index >= 15 is 0 Å². The number of piperidine rings is 1. The van der Waals surface area contributed by atoms with Crippen LogP contribution in [-0.4, -0.2) is 37.3 Å². The zero-order valence-electron chi connectivity index (χ0n) is 11.6. The monoisotopic (exact) mass is 264 g/mol. The van der Waals surface area contributed by atoms with Gasteiger partial charge in [-0.25, -0.2) is 0 Å². The van der Waals surface area contributed by atoms with Crippen molar-refractivity contribution >= 4 is 11.8 Å². The summed E-state index contributed by atoms with van der Waals surface area (Å²) >= 11 is 1.80. The van der Waals surface area contributed by atoms with Gasteiger partial charge in [-0.05, 0) is 63.9 Å². The van der Waals surface area contributed by atoms with Crippen LogP contribution in [0.1, 0.15) is 31.4 Å². The normalized spacial score (nSPS) is 19.9. The first-order chi connectivity index (χ1) is 8.69. The van der Waals surface area contributed by atoms with E-state index in [1.165, 1.54) is 36.4 Å². The summed E-state index contributed by atoms with van der Waals surface area (Å²) in [5.74, 6) is 0. The molecule has 100 valence electrons. The highest BCUT2D eigenvalue weighted by molar-refractivity contribution is 7.98. The van der Waals surface area contributed by atoms with Gasteiger partial charge in [-0.3, -0.25) is 0 Å². The van der Waals surface area contributed by atoms with E-state index in [9.17, 15) is 0 Å². The highest BCUT2D eigenvalue weighted by Crippen LogP contribution is 2.20. The van der Waals surface area contributed by atoms with E-state index in [1.54, 1.807) is 11.8 Å². The van der Waals surface area contributed by atoms with Crippen LogP contribution in [0.4, 0.5) is 0 Å². The van der Waals surface area contributed by atoms with Gasteiger partial charge in [0, 0.05) is 17.0 Å². The van der Waals surface area contributed by atoms with E-state index in [-0.39, 0.29) is 0 Å². The van der Waals surface area contributed by atoms with Crippen molar-refractivity contribution in [3.8, 4) is 0 Å². The fourth-order valence-corrected chi connectivity index (χ4v) is 2.93. The van der Waals surface area contributed by atoms with Crippen molar-refractivity contribution in [3.05, 3.63) is 29.8 Å². The Balaban J connectivity index is 1.88. The zero-order valence-corrected chi connectivity index (χ0v) is 12.5. The minimum absolute atomic E-state index is 0.453. The van der Waals surface area contributed by atoms with Gasteiger partial charge in [0.15, 0.2) is 0 Å². The second-order valence-corrected chi connectivity index (χ2v) is 6.12. The average Bonchev–Trinajstić information content (AvgIpc) is 2.41. The lowest BCUT2D eigenvalue weighted by Gasteiger charge is -2.31. The lowest BCUT2D eigenvalue weighted by Crippen LogP contribution is -2.41. The minimum Gasteiger partial charge on any atom is -0.307 e. The van der Waals surface area contributed by atoms with Gasteiger partial charge in [0.25, 0.3) is 0 Å². The maximum atomic E-state index is 3.76. The number of nitrogens with zero attached hydrogens (tertiary/aromatic N) is 1. The van der Waals surface area contributed by atoms with Crippen LogP contribution in [0.15, 0.2) is 29.2 Å². The van der Waals surface area contributed by atoms with E-state index in [0.29, 0.717) is 12.1 Å². The van der Waals surface area contributed by atoms with Crippen molar-refractivity contribution in [2.24, 2.45) is 0 Å². The first-order valence-electron chi connectivity index (χ1n) is 6.77. The summed E-state index contributed by atoms with van der Waals surface area (Å²) in [6.07, 6.45) is 4.66. The Hall–Kier alpha value is -0.510. The van der Waals surface area contributed by atoms with Crippen molar-refractivity contribution in [2.45, 2.75) is 36.7 Å². The molecule has 1 aromatic carbocycles. The van der Waals surface area contributed by atoms with Crippen LogP contribution in [0.5, 0.6) is 0 Å². The molecule has 0 bridgehead atoms. The van der Waals surface area contributed by atoms with Crippen molar-refractivity contribution < 1.29 is 0 Å². The average molecular weight is 264 g/mol. The molecule has 0 spiro atoms. The molecule has 2 nitrogen and oxygen atoms in total. The fraction of sp³-hybridized carbons (Fsp3) is 0.600. The van der Waals surface area contributed by atoms with Gasteiger partial charge in [-0.2, -0.15) is 0 Å². The van der Waals surface area contributed by atoms with Gasteiger partial charge in [0.05, 0.1) is 0 Å². The minimum atomic E-state index is 0.453. The molecule has 1 fully saturated rings. The van der Waals surface area contributed by atoms with E-state index in [0.717, 1.165) is 0 Å². The molecule has 1 aromatic rings. The summed E-state index contributed by atoms with van der Waals surface area (Å²) in [4.78, 5) is 3.75. The second kappa shape index (κ2) is 6.60.